The van der Waals surface area contributed by atoms with Crippen molar-refractivity contribution >= 4 is 23.4 Å². The standard InChI is InChI=1S/C18H19ClN2O3/c19-15-8-5-14(6-9-15)18(24)21-12-11-20-17(23)10-7-13-3-1-2-4-16(13)22/h1-6,8-9,22H,7,10-12H2,(H,20,23)(H,21,24). The number of para-hydroxylation sites is 1. The van der Waals surface area contributed by atoms with Gasteiger partial charge in [0.2, 0.25) is 5.91 Å². The third-order valence-electron chi connectivity index (χ3n) is 3.45. The minimum atomic E-state index is -0.213. The number of carbonyl (C=O) groups is 2. The largest absolute Gasteiger partial charge is 0.508 e. The summed E-state index contributed by atoms with van der Waals surface area (Å²) in [5.41, 5.74) is 1.26. The van der Waals surface area contributed by atoms with Gasteiger partial charge in [0.25, 0.3) is 5.91 Å². The van der Waals surface area contributed by atoms with Crippen LogP contribution >= 0.6 is 11.6 Å². The van der Waals surface area contributed by atoms with Crippen molar-refractivity contribution in [3.63, 3.8) is 0 Å². The first kappa shape index (κ1) is 17.8. The minimum Gasteiger partial charge on any atom is -0.508 e. The van der Waals surface area contributed by atoms with Gasteiger partial charge < -0.3 is 15.7 Å². The van der Waals surface area contributed by atoms with Gasteiger partial charge in [-0.2, -0.15) is 0 Å². The summed E-state index contributed by atoms with van der Waals surface area (Å²) in [7, 11) is 0. The molecule has 0 heterocycles. The fourth-order valence-electron chi connectivity index (χ4n) is 2.14. The predicted octanol–water partition coefficient (Wildman–Crippen LogP) is 2.52. The average Bonchev–Trinajstić information content (AvgIpc) is 2.58. The van der Waals surface area contributed by atoms with E-state index in [0.29, 0.717) is 30.1 Å². The molecule has 0 saturated carbocycles. The van der Waals surface area contributed by atoms with E-state index in [2.05, 4.69) is 10.6 Å². The van der Waals surface area contributed by atoms with E-state index in [9.17, 15) is 14.7 Å². The van der Waals surface area contributed by atoms with Gasteiger partial charge in [0.15, 0.2) is 0 Å². The van der Waals surface area contributed by atoms with Gasteiger partial charge in [-0.15, -0.1) is 0 Å². The maximum absolute atomic E-state index is 11.9. The lowest BCUT2D eigenvalue weighted by Gasteiger charge is -2.08. The molecule has 0 radical (unpaired) electrons. The second-order valence-corrected chi connectivity index (χ2v) is 5.68. The van der Waals surface area contributed by atoms with Crippen molar-refractivity contribution < 1.29 is 14.7 Å². The zero-order chi connectivity index (χ0) is 17.4. The molecule has 0 bridgehead atoms. The molecule has 2 amide bonds. The van der Waals surface area contributed by atoms with Crippen LogP contribution in [0.4, 0.5) is 0 Å². The summed E-state index contributed by atoms with van der Waals surface area (Å²) in [6.07, 6.45) is 0.748. The molecule has 0 aliphatic rings. The molecule has 2 rings (SSSR count). The van der Waals surface area contributed by atoms with Gasteiger partial charge in [0, 0.05) is 30.1 Å². The molecule has 0 unspecified atom stereocenters. The lowest BCUT2D eigenvalue weighted by atomic mass is 10.1. The molecule has 3 N–H and O–H groups in total. The van der Waals surface area contributed by atoms with Crippen molar-refractivity contribution in [1.29, 1.82) is 0 Å². The molecule has 0 atom stereocenters. The number of hydrogen-bond acceptors (Lipinski definition) is 3. The van der Waals surface area contributed by atoms with Crippen molar-refractivity contribution in [3.05, 3.63) is 64.7 Å². The highest BCUT2D eigenvalue weighted by molar-refractivity contribution is 6.30. The number of amides is 2. The highest BCUT2D eigenvalue weighted by atomic mass is 35.5. The maximum atomic E-state index is 11.9. The third-order valence-corrected chi connectivity index (χ3v) is 3.70. The van der Waals surface area contributed by atoms with Gasteiger partial charge in [0.05, 0.1) is 0 Å². The molecule has 5 nitrogen and oxygen atoms in total. The number of phenols is 1. The molecule has 2 aromatic carbocycles. The first-order chi connectivity index (χ1) is 11.6. The smallest absolute Gasteiger partial charge is 0.251 e. The number of aromatic hydroxyl groups is 1. The molecule has 0 aromatic heterocycles. The van der Waals surface area contributed by atoms with Crippen LogP contribution in [-0.2, 0) is 11.2 Å². The summed E-state index contributed by atoms with van der Waals surface area (Å²) in [6.45, 7) is 0.683. The summed E-state index contributed by atoms with van der Waals surface area (Å²) >= 11 is 5.77. The fourth-order valence-corrected chi connectivity index (χ4v) is 2.27. The highest BCUT2D eigenvalue weighted by Gasteiger charge is 2.06. The molecule has 0 aliphatic heterocycles. The van der Waals surface area contributed by atoms with Crippen molar-refractivity contribution in [2.75, 3.05) is 13.1 Å². The van der Waals surface area contributed by atoms with Gasteiger partial charge in [0.1, 0.15) is 5.75 Å². The zero-order valence-electron chi connectivity index (χ0n) is 13.1. The summed E-state index contributed by atoms with van der Waals surface area (Å²) in [6, 6.07) is 13.5. The molecule has 2 aromatic rings. The quantitative estimate of drug-likeness (QED) is 0.674. The molecule has 0 saturated heterocycles. The molecule has 0 spiro atoms. The second kappa shape index (κ2) is 8.93. The summed E-state index contributed by atoms with van der Waals surface area (Å²) in [5.74, 6) is -0.144. The number of aryl methyl sites for hydroxylation is 1. The van der Waals surface area contributed by atoms with Crippen molar-refractivity contribution in [2.45, 2.75) is 12.8 Å². The van der Waals surface area contributed by atoms with Crippen LogP contribution in [0.15, 0.2) is 48.5 Å². The number of hydrogen-bond donors (Lipinski definition) is 3. The summed E-state index contributed by atoms with van der Waals surface area (Å²) in [4.78, 5) is 23.6. The monoisotopic (exact) mass is 346 g/mol. The summed E-state index contributed by atoms with van der Waals surface area (Å²) in [5, 5.41) is 15.7. The Labute approximate surface area is 145 Å². The normalized spacial score (nSPS) is 10.2. The van der Waals surface area contributed by atoms with Gasteiger partial charge >= 0.3 is 0 Å². The molecular formula is C18H19ClN2O3. The van der Waals surface area contributed by atoms with Crippen molar-refractivity contribution in [1.82, 2.24) is 10.6 Å². The molecule has 0 aliphatic carbocycles. The predicted molar refractivity (Wildman–Crippen MR) is 93.2 cm³/mol. The topological polar surface area (TPSA) is 78.4 Å². The van der Waals surface area contributed by atoms with Crippen LogP contribution < -0.4 is 10.6 Å². The first-order valence-corrected chi connectivity index (χ1v) is 8.01. The van der Waals surface area contributed by atoms with Crippen LogP contribution in [0.1, 0.15) is 22.3 Å². The van der Waals surface area contributed by atoms with Crippen LogP contribution in [0.2, 0.25) is 5.02 Å². The van der Waals surface area contributed by atoms with Crippen LogP contribution in [-0.4, -0.2) is 30.0 Å². The van der Waals surface area contributed by atoms with Gasteiger partial charge in [-0.3, -0.25) is 9.59 Å². The Hall–Kier alpha value is -2.53. The fraction of sp³-hybridized carbons (Fsp3) is 0.222. The first-order valence-electron chi connectivity index (χ1n) is 7.63. The van der Waals surface area contributed by atoms with Crippen molar-refractivity contribution in [3.8, 4) is 5.75 Å². The molecule has 24 heavy (non-hydrogen) atoms. The Kier molecular flexibility index (Phi) is 6.63. The van der Waals surface area contributed by atoms with E-state index >= 15 is 0 Å². The third kappa shape index (κ3) is 5.59. The number of nitrogens with one attached hydrogen (secondary N) is 2. The van der Waals surface area contributed by atoms with E-state index in [1.165, 1.54) is 0 Å². The Bertz CT molecular complexity index is 702. The highest BCUT2D eigenvalue weighted by Crippen LogP contribution is 2.16. The number of rotatable bonds is 7. The van der Waals surface area contributed by atoms with E-state index in [1.54, 1.807) is 42.5 Å². The maximum Gasteiger partial charge on any atom is 0.251 e. The minimum absolute atomic E-state index is 0.126. The molecule has 6 heteroatoms. The molecule has 126 valence electrons. The van der Waals surface area contributed by atoms with Gasteiger partial charge in [-0.1, -0.05) is 29.8 Å². The van der Waals surface area contributed by atoms with Gasteiger partial charge in [-0.25, -0.2) is 0 Å². The number of carbonyl (C=O) groups excluding carboxylic acids is 2. The van der Waals surface area contributed by atoms with Crippen LogP contribution in [0.3, 0.4) is 0 Å². The van der Waals surface area contributed by atoms with Crippen molar-refractivity contribution in [2.24, 2.45) is 0 Å². The van der Waals surface area contributed by atoms with E-state index in [-0.39, 0.29) is 24.0 Å². The number of phenolic OH excluding ortho intramolecular Hbond substituents is 1. The SMILES string of the molecule is O=C(CCc1ccccc1O)NCCNC(=O)c1ccc(Cl)cc1. The Morgan fingerprint density at radius 3 is 2.33 bits per heavy atom. The molecule has 0 fully saturated rings. The number of benzene rings is 2. The Balaban J connectivity index is 1.65. The second-order valence-electron chi connectivity index (χ2n) is 5.24. The summed E-state index contributed by atoms with van der Waals surface area (Å²) < 4.78 is 0. The van der Waals surface area contributed by atoms with Crippen LogP contribution in [0.5, 0.6) is 5.75 Å². The Morgan fingerprint density at radius 1 is 0.958 bits per heavy atom. The van der Waals surface area contributed by atoms with E-state index < -0.39 is 0 Å². The van der Waals surface area contributed by atoms with Crippen LogP contribution in [0.25, 0.3) is 0 Å². The van der Waals surface area contributed by atoms with E-state index in [4.69, 9.17) is 11.6 Å². The number of halogens is 1. The zero-order valence-corrected chi connectivity index (χ0v) is 13.8. The Morgan fingerprint density at radius 2 is 1.62 bits per heavy atom. The van der Waals surface area contributed by atoms with E-state index in [0.717, 1.165) is 5.56 Å². The van der Waals surface area contributed by atoms with E-state index in [1.807, 2.05) is 6.07 Å². The lowest BCUT2D eigenvalue weighted by Crippen LogP contribution is -2.34. The van der Waals surface area contributed by atoms with Gasteiger partial charge in [-0.05, 0) is 42.3 Å². The average molecular weight is 347 g/mol. The lowest BCUT2D eigenvalue weighted by molar-refractivity contribution is -0.121. The molecular weight excluding hydrogens is 328 g/mol. The van der Waals surface area contributed by atoms with Crippen LogP contribution in [0, 0.1) is 0 Å².